The Hall–Kier alpha value is -1.55. The van der Waals surface area contributed by atoms with Crippen molar-refractivity contribution >= 4 is 10.9 Å². The molecule has 0 aliphatic rings. The highest BCUT2D eigenvalue weighted by Crippen LogP contribution is 2.27. The van der Waals surface area contributed by atoms with Gasteiger partial charge in [0.1, 0.15) is 0 Å². The summed E-state index contributed by atoms with van der Waals surface area (Å²) < 4.78 is 20.9. The summed E-state index contributed by atoms with van der Waals surface area (Å²) in [5.41, 5.74) is 0.899. The molecule has 2 rings (SSSR count). The highest BCUT2D eigenvalue weighted by atomic mass is 19.1. The second-order valence-corrected chi connectivity index (χ2v) is 5.70. The Labute approximate surface area is 113 Å². The molecule has 0 atom stereocenters. The number of likely N-dealkylation sites (N-methyl/N-ethyl adjacent to an activating group) is 1. The van der Waals surface area contributed by atoms with Crippen molar-refractivity contribution in [2.24, 2.45) is 0 Å². The van der Waals surface area contributed by atoms with E-state index in [1.54, 1.807) is 12.1 Å². The minimum Gasteiger partial charge on any atom is -0.494 e. The molecule has 0 saturated carbocycles. The van der Waals surface area contributed by atoms with Crippen LogP contribution in [0.3, 0.4) is 0 Å². The van der Waals surface area contributed by atoms with E-state index in [2.05, 4.69) is 37.4 Å². The fourth-order valence-corrected chi connectivity index (χ4v) is 2.04. The van der Waals surface area contributed by atoms with Gasteiger partial charge in [0, 0.05) is 29.7 Å². The molecule has 4 heteroatoms. The second kappa shape index (κ2) is 4.85. The molecule has 0 aliphatic carbocycles. The van der Waals surface area contributed by atoms with Gasteiger partial charge in [-0.1, -0.05) is 0 Å². The Bertz CT molecular complexity index is 587. The van der Waals surface area contributed by atoms with Crippen molar-refractivity contribution in [2.75, 3.05) is 21.2 Å². The zero-order valence-corrected chi connectivity index (χ0v) is 12.2. The van der Waals surface area contributed by atoms with Crippen LogP contribution in [0.15, 0.2) is 24.4 Å². The molecule has 104 valence electrons. The molecule has 3 nitrogen and oxygen atoms in total. The Morgan fingerprint density at radius 2 is 2.00 bits per heavy atom. The predicted molar refractivity (Wildman–Crippen MR) is 76.2 cm³/mol. The van der Waals surface area contributed by atoms with Gasteiger partial charge in [0.15, 0.2) is 11.6 Å². The average molecular weight is 264 g/mol. The van der Waals surface area contributed by atoms with Gasteiger partial charge in [0.05, 0.1) is 12.6 Å². The standard InChI is InChI=1S/C15H21FN2O/c1-15(2,17(3)4)10-18-7-6-11-8-14(19-5)12(16)9-13(11)18/h6-9H,10H2,1-5H3. The van der Waals surface area contributed by atoms with Crippen LogP contribution in [-0.4, -0.2) is 36.2 Å². The summed E-state index contributed by atoms with van der Waals surface area (Å²) in [6.07, 6.45) is 1.99. The molecule has 0 saturated heterocycles. The average Bonchev–Trinajstić information content (AvgIpc) is 2.70. The summed E-state index contributed by atoms with van der Waals surface area (Å²) in [7, 11) is 5.58. The van der Waals surface area contributed by atoms with Gasteiger partial charge in [-0.25, -0.2) is 4.39 Å². The molecule has 0 N–H and O–H groups in total. The number of aromatic nitrogens is 1. The van der Waals surface area contributed by atoms with Crippen LogP contribution in [0.2, 0.25) is 0 Å². The number of benzene rings is 1. The summed E-state index contributed by atoms with van der Waals surface area (Å²) in [5.74, 6) is -0.0327. The first kappa shape index (κ1) is 13.9. The highest BCUT2D eigenvalue weighted by Gasteiger charge is 2.22. The maximum atomic E-state index is 13.8. The monoisotopic (exact) mass is 264 g/mol. The minimum absolute atomic E-state index is 0.00234. The molecule has 0 radical (unpaired) electrons. The summed E-state index contributed by atoms with van der Waals surface area (Å²) >= 11 is 0. The smallest absolute Gasteiger partial charge is 0.167 e. The van der Waals surface area contributed by atoms with Crippen molar-refractivity contribution in [1.82, 2.24) is 9.47 Å². The third-order valence-electron chi connectivity index (χ3n) is 3.81. The fraction of sp³-hybridized carbons (Fsp3) is 0.467. The quantitative estimate of drug-likeness (QED) is 0.844. The minimum atomic E-state index is -0.322. The number of rotatable bonds is 4. The molecule has 1 aromatic carbocycles. The number of halogens is 1. The highest BCUT2D eigenvalue weighted by molar-refractivity contribution is 5.82. The van der Waals surface area contributed by atoms with Crippen LogP contribution in [0.1, 0.15) is 13.8 Å². The number of ether oxygens (including phenoxy) is 1. The van der Waals surface area contributed by atoms with E-state index >= 15 is 0 Å². The van der Waals surface area contributed by atoms with E-state index in [9.17, 15) is 4.39 Å². The molecule has 0 aliphatic heterocycles. The molecule has 1 heterocycles. The Morgan fingerprint density at radius 3 is 2.58 bits per heavy atom. The van der Waals surface area contributed by atoms with Gasteiger partial charge < -0.3 is 14.2 Å². The third-order valence-corrected chi connectivity index (χ3v) is 3.81. The van der Waals surface area contributed by atoms with E-state index < -0.39 is 0 Å². The lowest BCUT2D eigenvalue weighted by Crippen LogP contribution is -2.41. The van der Waals surface area contributed by atoms with Gasteiger partial charge in [0.25, 0.3) is 0 Å². The van der Waals surface area contributed by atoms with E-state index in [1.165, 1.54) is 7.11 Å². The van der Waals surface area contributed by atoms with Crippen LogP contribution in [0.4, 0.5) is 4.39 Å². The molecule has 0 amide bonds. The first-order valence-corrected chi connectivity index (χ1v) is 6.35. The molecule has 0 unspecified atom stereocenters. The van der Waals surface area contributed by atoms with E-state index in [-0.39, 0.29) is 17.1 Å². The Kier molecular flexibility index (Phi) is 3.54. The zero-order chi connectivity index (χ0) is 14.2. The number of nitrogens with zero attached hydrogens (tertiary/aromatic N) is 2. The molecular weight excluding hydrogens is 243 g/mol. The van der Waals surface area contributed by atoms with Crippen molar-refractivity contribution in [3.63, 3.8) is 0 Å². The number of hydrogen-bond donors (Lipinski definition) is 0. The summed E-state index contributed by atoms with van der Waals surface area (Å²) in [5, 5.41) is 0.993. The first-order chi connectivity index (χ1) is 8.85. The van der Waals surface area contributed by atoms with E-state index in [1.807, 2.05) is 12.3 Å². The van der Waals surface area contributed by atoms with Gasteiger partial charge in [-0.3, -0.25) is 0 Å². The van der Waals surface area contributed by atoms with Gasteiger partial charge in [-0.05, 0) is 40.1 Å². The van der Waals surface area contributed by atoms with Crippen LogP contribution in [0.25, 0.3) is 10.9 Å². The summed E-state index contributed by atoms with van der Waals surface area (Å²) in [4.78, 5) is 2.17. The number of fused-ring (bicyclic) bond motifs is 1. The van der Waals surface area contributed by atoms with E-state index in [4.69, 9.17) is 4.74 Å². The molecule has 19 heavy (non-hydrogen) atoms. The van der Waals surface area contributed by atoms with Gasteiger partial charge in [-0.15, -0.1) is 0 Å². The molecule has 0 fully saturated rings. The van der Waals surface area contributed by atoms with E-state index in [0.29, 0.717) is 0 Å². The number of hydrogen-bond acceptors (Lipinski definition) is 2. The van der Waals surface area contributed by atoms with Crippen LogP contribution in [-0.2, 0) is 6.54 Å². The van der Waals surface area contributed by atoms with Crippen LogP contribution >= 0.6 is 0 Å². The molecule has 1 aromatic heterocycles. The number of methoxy groups -OCH3 is 1. The second-order valence-electron chi connectivity index (χ2n) is 5.70. The molecule has 2 aromatic rings. The van der Waals surface area contributed by atoms with Crippen molar-refractivity contribution in [3.8, 4) is 5.75 Å². The zero-order valence-electron chi connectivity index (χ0n) is 12.2. The third kappa shape index (κ3) is 2.59. The lowest BCUT2D eigenvalue weighted by atomic mass is 10.0. The van der Waals surface area contributed by atoms with Crippen LogP contribution < -0.4 is 4.74 Å². The van der Waals surface area contributed by atoms with Gasteiger partial charge in [0.2, 0.25) is 0 Å². The maximum Gasteiger partial charge on any atom is 0.167 e. The van der Waals surface area contributed by atoms with Crippen molar-refractivity contribution in [2.45, 2.75) is 25.9 Å². The predicted octanol–water partition coefficient (Wildman–Crippen LogP) is 3.13. The first-order valence-electron chi connectivity index (χ1n) is 6.35. The van der Waals surface area contributed by atoms with Crippen molar-refractivity contribution < 1.29 is 9.13 Å². The Balaban J connectivity index is 2.43. The van der Waals surface area contributed by atoms with Gasteiger partial charge in [-0.2, -0.15) is 0 Å². The molecule has 0 bridgehead atoms. The largest absolute Gasteiger partial charge is 0.494 e. The SMILES string of the molecule is COc1cc2ccn(CC(C)(C)N(C)C)c2cc1F. The lowest BCUT2D eigenvalue weighted by Gasteiger charge is -2.33. The molecule has 0 spiro atoms. The van der Waals surface area contributed by atoms with Crippen LogP contribution in [0, 0.1) is 5.82 Å². The van der Waals surface area contributed by atoms with E-state index in [0.717, 1.165) is 17.4 Å². The maximum absolute atomic E-state index is 13.8. The lowest BCUT2D eigenvalue weighted by molar-refractivity contribution is 0.171. The van der Waals surface area contributed by atoms with Crippen molar-refractivity contribution in [3.05, 3.63) is 30.2 Å². The van der Waals surface area contributed by atoms with Crippen LogP contribution in [0.5, 0.6) is 5.75 Å². The topological polar surface area (TPSA) is 17.4 Å². The normalized spacial score (nSPS) is 12.4. The molecular formula is C15H21FN2O. The Morgan fingerprint density at radius 1 is 1.32 bits per heavy atom. The fourth-order valence-electron chi connectivity index (χ4n) is 2.04. The van der Waals surface area contributed by atoms with Gasteiger partial charge >= 0.3 is 0 Å². The summed E-state index contributed by atoms with van der Waals surface area (Å²) in [6, 6.07) is 5.27. The summed E-state index contributed by atoms with van der Waals surface area (Å²) in [6.45, 7) is 5.13. The van der Waals surface area contributed by atoms with Crippen molar-refractivity contribution in [1.29, 1.82) is 0 Å².